The van der Waals surface area contributed by atoms with Crippen LogP contribution in [0.25, 0.3) is 10.9 Å². The second-order valence-corrected chi connectivity index (χ2v) is 5.38. The molecule has 3 rings (SSSR count). The van der Waals surface area contributed by atoms with E-state index in [1.54, 1.807) is 0 Å². The summed E-state index contributed by atoms with van der Waals surface area (Å²) in [6.07, 6.45) is 6.46. The number of hydrogen-bond acceptors (Lipinski definition) is 3. The summed E-state index contributed by atoms with van der Waals surface area (Å²) in [6.45, 7) is 1.22. The zero-order valence-electron chi connectivity index (χ0n) is 11.1. The zero-order valence-corrected chi connectivity index (χ0v) is 11.1. The fraction of sp³-hybridized carbons (Fsp3) is 0.438. The topological polar surface area (TPSA) is 48.1 Å². The Labute approximate surface area is 113 Å². The van der Waals surface area contributed by atoms with Crippen LogP contribution >= 0.6 is 0 Å². The molecule has 0 aliphatic heterocycles. The number of pyridine rings is 1. The van der Waals surface area contributed by atoms with E-state index in [-0.39, 0.29) is 5.60 Å². The molecule has 19 heavy (non-hydrogen) atoms. The van der Waals surface area contributed by atoms with Crippen LogP contribution in [0.1, 0.15) is 31.2 Å². The van der Waals surface area contributed by atoms with Gasteiger partial charge in [0, 0.05) is 23.7 Å². The summed E-state index contributed by atoms with van der Waals surface area (Å²) in [7, 11) is 0. The van der Waals surface area contributed by atoms with Crippen molar-refractivity contribution in [1.82, 2.24) is 4.98 Å². The van der Waals surface area contributed by atoms with Crippen molar-refractivity contribution in [2.75, 3.05) is 6.54 Å². The number of benzene rings is 1. The Morgan fingerprint density at radius 3 is 2.74 bits per heavy atom. The van der Waals surface area contributed by atoms with Gasteiger partial charge in [-0.15, -0.1) is 0 Å². The van der Waals surface area contributed by atoms with Crippen LogP contribution in [-0.4, -0.2) is 17.1 Å². The predicted molar refractivity (Wildman–Crippen MR) is 76.8 cm³/mol. The first kappa shape index (κ1) is 12.6. The third-order valence-electron chi connectivity index (χ3n) is 4.14. The van der Waals surface area contributed by atoms with Gasteiger partial charge in [-0.05, 0) is 18.9 Å². The normalized spacial score (nSPS) is 17.9. The van der Waals surface area contributed by atoms with E-state index in [9.17, 15) is 0 Å². The highest BCUT2D eigenvalue weighted by Crippen LogP contribution is 2.33. The number of nitrogens with two attached hydrogens (primary N) is 1. The number of rotatable bonds is 4. The summed E-state index contributed by atoms with van der Waals surface area (Å²) >= 11 is 0. The second kappa shape index (κ2) is 5.27. The smallest absolute Gasteiger partial charge is 0.0808 e. The number of hydrogen-bond donors (Lipinski definition) is 1. The van der Waals surface area contributed by atoms with Crippen molar-refractivity contribution >= 4 is 10.9 Å². The summed E-state index contributed by atoms with van der Waals surface area (Å²) in [5.41, 5.74) is 7.99. The van der Waals surface area contributed by atoms with Crippen LogP contribution in [0, 0.1) is 0 Å². The van der Waals surface area contributed by atoms with Crippen LogP contribution in [0.3, 0.4) is 0 Å². The molecule has 1 aliphatic rings. The minimum atomic E-state index is -0.100. The van der Waals surface area contributed by atoms with Gasteiger partial charge in [0.05, 0.1) is 17.7 Å². The van der Waals surface area contributed by atoms with Gasteiger partial charge in [0.2, 0.25) is 0 Å². The number of aromatic nitrogens is 1. The lowest BCUT2D eigenvalue weighted by molar-refractivity contribution is -0.0444. The SMILES string of the molecule is NCC1(OCc2cccc3cccnc23)CCCC1. The second-order valence-electron chi connectivity index (χ2n) is 5.38. The molecular formula is C16H20N2O. The van der Waals surface area contributed by atoms with Crippen molar-refractivity contribution in [2.45, 2.75) is 37.9 Å². The molecule has 0 spiro atoms. The maximum Gasteiger partial charge on any atom is 0.0808 e. The van der Waals surface area contributed by atoms with Crippen molar-refractivity contribution in [3.05, 3.63) is 42.1 Å². The number of nitrogens with zero attached hydrogens (tertiary/aromatic N) is 1. The average molecular weight is 256 g/mol. The molecule has 0 atom stereocenters. The molecule has 1 saturated carbocycles. The predicted octanol–water partition coefficient (Wildman–Crippen LogP) is 3.02. The van der Waals surface area contributed by atoms with Crippen LogP contribution in [0.15, 0.2) is 36.5 Å². The van der Waals surface area contributed by atoms with Gasteiger partial charge in [0.25, 0.3) is 0 Å². The van der Waals surface area contributed by atoms with E-state index in [1.807, 2.05) is 12.3 Å². The summed E-state index contributed by atoms with van der Waals surface area (Å²) < 4.78 is 6.17. The Morgan fingerprint density at radius 1 is 1.16 bits per heavy atom. The summed E-state index contributed by atoms with van der Waals surface area (Å²) in [5, 5.41) is 1.16. The van der Waals surface area contributed by atoms with E-state index >= 15 is 0 Å². The van der Waals surface area contributed by atoms with E-state index < -0.39 is 0 Å². The molecule has 0 radical (unpaired) electrons. The Morgan fingerprint density at radius 2 is 1.95 bits per heavy atom. The molecule has 1 aromatic heterocycles. The molecule has 1 aliphatic carbocycles. The molecule has 0 amide bonds. The third kappa shape index (κ3) is 2.48. The Bertz CT molecular complexity index is 556. The molecule has 3 nitrogen and oxygen atoms in total. The van der Waals surface area contributed by atoms with Gasteiger partial charge in [0.1, 0.15) is 0 Å². The quantitative estimate of drug-likeness (QED) is 0.914. The van der Waals surface area contributed by atoms with E-state index in [2.05, 4.69) is 29.2 Å². The van der Waals surface area contributed by atoms with Crippen molar-refractivity contribution in [3.8, 4) is 0 Å². The monoisotopic (exact) mass is 256 g/mol. The van der Waals surface area contributed by atoms with Gasteiger partial charge in [-0.2, -0.15) is 0 Å². The van der Waals surface area contributed by atoms with Crippen molar-refractivity contribution in [1.29, 1.82) is 0 Å². The van der Waals surface area contributed by atoms with Crippen molar-refractivity contribution in [2.24, 2.45) is 5.73 Å². The number of ether oxygens (including phenoxy) is 1. The van der Waals surface area contributed by atoms with E-state index in [0.29, 0.717) is 13.2 Å². The van der Waals surface area contributed by atoms with E-state index in [0.717, 1.165) is 29.3 Å². The van der Waals surface area contributed by atoms with Gasteiger partial charge >= 0.3 is 0 Å². The summed E-state index contributed by atoms with van der Waals surface area (Å²) in [5.74, 6) is 0. The van der Waals surface area contributed by atoms with Gasteiger partial charge in [0.15, 0.2) is 0 Å². The zero-order chi connectivity index (χ0) is 13.1. The van der Waals surface area contributed by atoms with Gasteiger partial charge < -0.3 is 10.5 Å². The molecule has 1 fully saturated rings. The highest BCUT2D eigenvalue weighted by molar-refractivity contribution is 5.81. The van der Waals surface area contributed by atoms with Crippen LogP contribution in [0.5, 0.6) is 0 Å². The fourth-order valence-corrected chi connectivity index (χ4v) is 2.94. The minimum absolute atomic E-state index is 0.100. The molecular weight excluding hydrogens is 236 g/mol. The number of fused-ring (bicyclic) bond motifs is 1. The fourth-order valence-electron chi connectivity index (χ4n) is 2.94. The van der Waals surface area contributed by atoms with Gasteiger partial charge in [-0.25, -0.2) is 0 Å². The minimum Gasteiger partial charge on any atom is -0.369 e. The lowest BCUT2D eigenvalue weighted by Crippen LogP contribution is -2.37. The molecule has 2 N–H and O–H groups in total. The standard InChI is InChI=1S/C16H20N2O/c17-12-16(8-1-2-9-16)19-11-14-6-3-5-13-7-4-10-18-15(13)14/h3-7,10H,1-2,8-9,11-12,17H2. The summed E-state index contributed by atoms with van der Waals surface area (Å²) in [4.78, 5) is 4.46. The molecule has 2 aromatic rings. The maximum atomic E-state index is 6.17. The van der Waals surface area contributed by atoms with Crippen LogP contribution < -0.4 is 5.73 Å². The molecule has 0 unspecified atom stereocenters. The van der Waals surface area contributed by atoms with Crippen LogP contribution in [-0.2, 0) is 11.3 Å². The molecule has 100 valence electrons. The highest BCUT2D eigenvalue weighted by Gasteiger charge is 2.33. The van der Waals surface area contributed by atoms with Crippen molar-refractivity contribution < 1.29 is 4.74 Å². The first-order chi connectivity index (χ1) is 9.33. The molecule has 0 bridgehead atoms. The third-order valence-corrected chi connectivity index (χ3v) is 4.14. The van der Waals surface area contributed by atoms with E-state index in [1.165, 1.54) is 12.8 Å². The van der Waals surface area contributed by atoms with Crippen LogP contribution in [0.2, 0.25) is 0 Å². The largest absolute Gasteiger partial charge is 0.369 e. The maximum absolute atomic E-state index is 6.17. The summed E-state index contributed by atoms with van der Waals surface area (Å²) in [6, 6.07) is 10.3. The average Bonchev–Trinajstić information content (AvgIpc) is 2.94. The Hall–Kier alpha value is -1.45. The highest BCUT2D eigenvalue weighted by atomic mass is 16.5. The Balaban J connectivity index is 1.82. The molecule has 0 saturated heterocycles. The lowest BCUT2D eigenvalue weighted by Gasteiger charge is -2.27. The molecule has 3 heteroatoms. The number of para-hydroxylation sites is 1. The van der Waals surface area contributed by atoms with Gasteiger partial charge in [-0.1, -0.05) is 37.1 Å². The van der Waals surface area contributed by atoms with Crippen LogP contribution in [0.4, 0.5) is 0 Å². The first-order valence-electron chi connectivity index (χ1n) is 7.00. The Kier molecular flexibility index (Phi) is 3.49. The lowest BCUT2D eigenvalue weighted by atomic mass is 10.0. The van der Waals surface area contributed by atoms with Crippen molar-refractivity contribution in [3.63, 3.8) is 0 Å². The molecule has 1 aromatic carbocycles. The molecule has 1 heterocycles. The van der Waals surface area contributed by atoms with Gasteiger partial charge in [-0.3, -0.25) is 4.98 Å². The van der Waals surface area contributed by atoms with E-state index in [4.69, 9.17) is 10.5 Å². The first-order valence-corrected chi connectivity index (χ1v) is 7.00.